The van der Waals surface area contributed by atoms with E-state index >= 15 is 0 Å². The molecule has 2 aromatic heterocycles. The van der Waals surface area contributed by atoms with Crippen molar-refractivity contribution in [1.82, 2.24) is 20.0 Å². The van der Waals surface area contributed by atoms with Gasteiger partial charge in [-0.25, -0.2) is 4.98 Å². The van der Waals surface area contributed by atoms with Gasteiger partial charge in [0.15, 0.2) is 0 Å². The van der Waals surface area contributed by atoms with Gasteiger partial charge in [-0.3, -0.25) is 15.0 Å². The van der Waals surface area contributed by atoms with Crippen molar-refractivity contribution in [3.8, 4) is 17.5 Å². The molecule has 0 saturated carbocycles. The number of hydrogen-bond donors (Lipinski definition) is 0. The monoisotopic (exact) mass is 391 g/mol. The first-order valence-corrected chi connectivity index (χ1v) is 9.03. The molecule has 0 bridgehead atoms. The van der Waals surface area contributed by atoms with E-state index in [9.17, 15) is 10.1 Å². The van der Waals surface area contributed by atoms with E-state index < -0.39 is 4.92 Å². The van der Waals surface area contributed by atoms with Gasteiger partial charge in [0.1, 0.15) is 5.82 Å². The van der Waals surface area contributed by atoms with Crippen molar-refractivity contribution in [1.29, 1.82) is 5.26 Å². The van der Waals surface area contributed by atoms with Crippen molar-refractivity contribution in [2.75, 3.05) is 31.1 Å². The zero-order chi connectivity index (χ0) is 20.2. The van der Waals surface area contributed by atoms with Crippen LogP contribution >= 0.6 is 0 Å². The van der Waals surface area contributed by atoms with Gasteiger partial charge in [-0.05, 0) is 24.3 Å². The Morgan fingerprint density at radius 1 is 1.17 bits per heavy atom. The van der Waals surface area contributed by atoms with E-state index in [4.69, 9.17) is 9.78 Å². The normalized spacial score (nSPS) is 14.5. The maximum absolute atomic E-state index is 10.7. The third kappa shape index (κ3) is 4.20. The molecule has 10 heteroatoms. The number of hydrogen-bond acceptors (Lipinski definition) is 9. The van der Waals surface area contributed by atoms with Crippen molar-refractivity contribution in [2.45, 2.75) is 6.54 Å². The van der Waals surface area contributed by atoms with Gasteiger partial charge in [-0.15, -0.1) is 0 Å². The smallest absolute Gasteiger partial charge is 0.269 e. The molecule has 29 heavy (non-hydrogen) atoms. The first-order chi connectivity index (χ1) is 14.1. The Morgan fingerprint density at radius 3 is 2.62 bits per heavy atom. The fraction of sp³-hybridized carbons (Fsp3) is 0.263. The summed E-state index contributed by atoms with van der Waals surface area (Å²) in [4.78, 5) is 23.4. The number of piperazine rings is 1. The molecule has 1 aromatic carbocycles. The standard InChI is InChI=1S/C19H17N7O3/c20-12-14-5-6-21-17(11-14)25-9-7-24(8-10-25)13-18-22-19(23-29-18)15-1-3-16(4-2-15)26(27)28/h1-6,11H,7-10,13H2. The minimum Gasteiger partial charge on any atom is -0.354 e. The largest absolute Gasteiger partial charge is 0.354 e. The molecule has 0 radical (unpaired) electrons. The number of non-ortho nitro benzene ring substituents is 1. The number of nitro groups is 1. The molecule has 0 spiro atoms. The lowest BCUT2D eigenvalue weighted by molar-refractivity contribution is -0.384. The van der Waals surface area contributed by atoms with E-state index in [0.29, 0.717) is 29.4 Å². The van der Waals surface area contributed by atoms with Crippen LogP contribution in [0.5, 0.6) is 0 Å². The average molecular weight is 391 g/mol. The van der Waals surface area contributed by atoms with E-state index in [1.165, 1.54) is 12.1 Å². The highest BCUT2D eigenvalue weighted by molar-refractivity contribution is 5.56. The predicted octanol–water partition coefficient (Wildman–Crippen LogP) is 2.23. The molecule has 4 rings (SSSR count). The molecule has 0 aliphatic carbocycles. The lowest BCUT2D eigenvalue weighted by Crippen LogP contribution is -2.46. The summed E-state index contributed by atoms with van der Waals surface area (Å²) in [5.74, 6) is 1.71. The fourth-order valence-electron chi connectivity index (χ4n) is 3.16. The van der Waals surface area contributed by atoms with Crippen LogP contribution in [0.2, 0.25) is 0 Å². The minimum atomic E-state index is -0.447. The Balaban J connectivity index is 1.35. The number of aromatic nitrogens is 3. The van der Waals surface area contributed by atoms with Crippen LogP contribution in [0.25, 0.3) is 11.4 Å². The summed E-state index contributed by atoms with van der Waals surface area (Å²) in [6, 6.07) is 11.7. The molecular weight excluding hydrogens is 374 g/mol. The quantitative estimate of drug-likeness (QED) is 0.475. The molecular formula is C19H17N7O3. The van der Waals surface area contributed by atoms with Crippen molar-refractivity contribution in [2.24, 2.45) is 0 Å². The van der Waals surface area contributed by atoms with Gasteiger partial charge in [0.05, 0.1) is 23.1 Å². The first-order valence-electron chi connectivity index (χ1n) is 9.03. The number of anilines is 1. The van der Waals surface area contributed by atoms with Crippen molar-refractivity contribution >= 4 is 11.5 Å². The number of benzene rings is 1. The zero-order valence-electron chi connectivity index (χ0n) is 15.4. The molecule has 1 aliphatic heterocycles. The summed E-state index contributed by atoms with van der Waals surface area (Å²) < 4.78 is 5.34. The Hall–Kier alpha value is -3.84. The van der Waals surface area contributed by atoms with Gasteiger partial charge < -0.3 is 9.42 Å². The van der Waals surface area contributed by atoms with Gasteiger partial charge in [-0.2, -0.15) is 10.2 Å². The maximum atomic E-state index is 10.7. The number of pyridine rings is 1. The van der Waals surface area contributed by atoms with Crippen molar-refractivity contribution in [3.05, 3.63) is 64.2 Å². The van der Waals surface area contributed by atoms with E-state index in [1.807, 2.05) is 0 Å². The SMILES string of the molecule is N#Cc1ccnc(N2CCN(Cc3nc(-c4ccc([N+](=O)[O-])cc4)no3)CC2)c1. The lowest BCUT2D eigenvalue weighted by atomic mass is 10.2. The number of nitro benzene ring substituents is 1. The molecule has 0 atom stereocenters. The highest BCUT2D eigenvalue weighted by Gasteiger charge is 2.20. The lowest BCUT2D eigenvalue weighted by Gasteiger charge is -2.34. The van der Waals surface area contributed by atoms with Crippen LogP contribution in [0, 0.1) is 21.4 Å². The number of nitriles is 1. The topological polar surface area (TPSA) is 125 Å². The highest BCUT2D eigenvalue weighted by Crippen LogP contribution is 2.21. The van der Waals surface area contributed by atoms with Gasteiger partial charge >= 0.3 is 0 Å². The molecule has 0 N–H and O–H groups in total. The molecule has 146 valence electrons. The second-order valence-electron chi connectivity index (χ2n) is 6.59. The molecule has 3 aromatic rings. The molecule has 0 amide bonds. The minimum absolute atomic E-state index is 0.0186. The summed E-state index contributed by atoms with van der Waals surface area (Å²) in [6.07, 6.45) is 1.65. The molecule has 1 aliphatic rings. The van der Waals surface area contributed by atoms with Crippen molar-refractivity contribution < 1.29 is 9.45 Å². The Morgan fingerprint density at radius 2 is 1.93 bits per heavy atom. The zero-order valence-corrected chi connectivity index (χ0v) is 15.4. The summed E-state index contributed by atoms with van der Waals surface area (Å²) in [7, 11) is 0. The molecule has 1 saturated heterocycles. The number of nitrogens with zero attached hydrogens (tertiary/aromatic N) is 7. The van der Waals surface area contributed by atoms with Crippen LogP contribution in [0.1, 0.15) is 11.5 Å². The van der Waals surface area contributed by atoms with E-state index in [-0.39, 0.29) is 5.69 Å². The van der Waals surface area contributed by atoms with Gasteiger partial charge in [-0.1, -0.05) is 5.16 Å². The Kier molecular flexibility index (Phi) is 5.13. The third-order valence-electron chi connectivity index (χ3n) is 4.73. The van der Waals surface area contributed by atoms with E-state index in [1.54, 1.807) is 30.5 Å². The fourth-order valence-corrected chi connectivity index (χ4v) is 3.16. The first kappa shape index (κ1) is 18.5. The van der Waals surface area contributed by atoms with Gasteiger partial charge in [0, 0.05) is 50.1 Å². The number of rotatable bonds is 5. The predicted molar refractivity (Wildman–Crippen MR) is 103 cm³/mol. The van der Waals surface area contributed by atoms with Crippen LogP contribution in [0.3, 0.4) is 0 Å². The molecule has 10 nitrogen and oxygen atoms in total. The summed E-state index contributed by atoms with van der Waals surface area (Å²) in [5, 5.41) is 23.8. The molecule has 3 heterocycles. The van der Waals surface area contributed by atoms with E-state index in [2.05, 4.69) is 31.0 Å². The second-order valence-corrected chi connectivity index (χ2v) is 6.59. The van der Waals surface area contributed by atoms with Crippen LogP contribution < -0.4 is 4.90 Å². The average Bonchev–Trinajstić information content (AvgIpc) is 3.23. The van der Waals surface area contributed by atoms with E-state index in [0.717, 1.165) is 32.0 Å². The Bertz CT molecular complexity index is 1050. The Labute approximate surface area is 166 Å². The second kappa shape index (κ2) is 8.04. The summed E-state index contributed by atoms with van der Waals surface area (Å²) in [5.41, 5.74) is 1.28. The van der Waals surface area contributed by atoms with Gasteiger partial charge in [0.25, 0.3) is 5.69 Å². The third-order valence-corrected chi connectivity index (χ3v) is 4.73. The summed E-state index contributed by atoms with van der Waals surface area (Å²) >= 11 is 0. The highest BCUT2D eigenvalue weighted by atomic mass is 16.6. The van der Waals surface area contributed by atoms with Gasteiger partial charge in [0.2, 0.25) is 11.7 Å². The molecule has 1 fully saturated rings. The van der Waals surface area contributed by atoms with Crippen molar-refractivity contribution in [3.63, 3.8) is 0 Å². The van der Waals surface area contributed by atoms with Crippen LogP contribution in [0.4, 0.5) is 11.5 Å². The van der Waals surface area contributed by atoms with Crippen LogP contribution in [-0.2, 0) is 6.54 Å². The van der Waals surface area contributed by atoms with Crippen LogP contribution in [-0.4, -0.2) is 51.1 Å². The van der Waals surface area contributed by atoms with Crippen LogP contribution in [0.15, 0.2) is 47.1 Å². The maximum Gasteiger partial charge on any atom is 0.269 e. The molecule has 0 unspecified atom stereocenters. The summed E-state index contributed by atoms with van der Waals surface area (Å²) in [6.45, 7) is 3.69.